The van der Waals surface area contributed by atoms with Crippen molar-refractivity contribution in [1.82, 2.24) is 0 Å². The van der Waals surface area contributed by atoms with Gasteiger partial charge in [0.1, 0.15) is 0 Å². The van der Waals surface area contributed by atoms with Gasteiger partial charge in [0.25, 0.3) is 0 Å². The van der Waals surface area contributed by atoms with E-state index in [1.165, 1.54) is 44.5 Å². The van der Waals surface area contributed by atoms with Crippen molar-refractivity contribution < 1.29 is 19.4 Å². The molecule has 3 rings (SSSR count). The molecule has 1 aliphatic carbocycles. The first-order valence-corrected chi connectivity index (χ1v) is 17.2. The molecule has 2 aromatic carbocycles. The van der Waals surface area contributed by atoms with Gasteiger partial charge in [-0.25, -0.2) is 0 Å². The van der Waals surface area contributed by atoms with Gasteiger partial charge >= 0.3 is 174 Å². The average Bonchev–Trinajstić information content (AvgIpc) is 2.89. The van der Waals surface area contributed by atoms with E-state index in [2.05, 4.69) is 71.0 Å². The van der Waals surface area contributed by atoms with Crippen LogP contribution in [0.1, 0.15) is 58.6 Å². The molecule has 26 heavy (non-hydrogen) atoms. The first-order valence-electron chi connectivity index (χ1n) is 9.44. The number of allylic oxidation sites excluding steroid dienone is 1. The van der Waals surface area contributed by atoms with E-state index in [1.54, 1.807) is 0 Å². The van der Waals surface area contributed by atoms with Gasteiger partial charge in [0.2, 0.25) is 0 Å². The van der Waals surface area contributed by atoms with E-state index in [4.69, 9.17) is 17.0 Å². The van der Waals surface area contributed by atoms with Gasteiger partial charge in [-0.1, -0.05) is 0 Å². The number of fused-ring (bicyclic) bond motifs is 1. The zero-order valence-corrected chi connectivity index (χ0v) is 20.3. The van der Waals surface area contributed by atoms with Gasteiger partial charge in [-0.3, -0.25) is 0 Å². The summed E-state index contributed by atoms with van der Waals surface area (Å²) in [4.78, 5) is 0. The summed E-state index contributed by atoms with van der Waals surface area (Å²) < 4.78 is 0.300. The van der Waals surface area contributed by atoms with E-state index in [1.807, 2.05) is 0 Å². The van der Waals surface area contributed by atoms with Crippen molar-refractivity contribution in [3.63, 3.8) is 0 Å². The van der Waals surface area contributed by atoms with E-state index in [0.29, 0.717) is 9.54 Å². The van der Waals surface area contributed by atoms with Crippen molar-refractivity contribution in [3.05, 3.63) is 63.7 Å². The van der Waals surface area contributed by atoms with Crippen LogP contribution in [0.4, 0.5) is 0 Å². The van der Waals surface area contributed by atoms with Crippen molar-refractivity contribution >= 4 is 23.1 Å². The van der Waals surface area contributed by atoms with Gasteiger partial charge in [-0.2, -0.15) is 0 Å². The Balaban J connectivity index is 2.25. The third-order valence-corrected chi connectivity index (χ3v) is 10.5. The second-order valence-electron chi connectivity index (χ2n) is 7.87. The maximum atomic E-state index is 6.63. The fourth-order valence-corrected chi connectivity index (χ4v) is 9.65. The molecule has 0 N–H and O–H groups in total. The molecule has 1 unspecified atom stereocenters. The van der Waals surface area contributed by atoms with Gasteiger partial charge in [-0.15, -0.1) is 0 Å². The van der Waals surface area contributed by atoms with Gasteiger partial charge in [-0.05, 0) is 0 Å². The molecule has 3 heteroatoms. The van der Waals surface area contributed by atoms with E-state index >= 15 is 0 Å². The van der Waals surface area contributed by atoms with Crippen LogP contribution in [0.25, 0.3) is 17.2 Å². The minimum absolute atomic E-state index is 0.300. The first-order chi connectivity index (χ1) is 12.3. The zero-order chi connectivity index (χ0) is 19.0. The van der Waals surface area contributed by atoms with Crippen molar-refractivity contribution in [3.8, 4) is 11.1 Å². The van der Waals surface area contributed by atoms with Crippen molar-refractivity contribution in [2.45, 2.75) is 51.1 Å². The number of benzene rings is 2. The van der Waals surface area contributed by atoms with Crippen molar-refractivity contribution in [2.75, 3.05) is 0 Å². The molecule has 0 saturated carbocycles. The molecular formula is C23H27Cl2Zr. The molecule has 0 aromatic heterocycles. The quantitative estimate of drug-likeness (QED) is 0.420. The van der Waals surface area contributed by atoms with E-state index in [-0.39, 0.29) is 0 Å². The molecule has 137 valence electrons. The summed E-state index contributed by atoms with van der Waals surface area (Å²) in [6, 6.07) is 11.5. The summed E-state index contributed by atoms with van der Waals surface area (Å²) >= 11 is -2.46. The van der Waals surface area contributed by atoms with Crippen LogP contribution in [0.3, 0.4) is 0 Å². The Kier molecular flexibility index (Phi) is 6.54. The van der Waals surface area contributed by atoms with Crippen LogP contribution in [0.15, 0.2) is 35.9 Å². The second-order valence-corrected chi connectivity index (χ2v) is 16.7. The predicted octanol–water partition coefficient (Wildman–Crippen LogP) is 7.94. The van der Waals surface area contributed by atoms with Gasteiger partial charge < -0.3 is 0 Å². The molecule has 0 bridgehead atoms. The molecule has 0 radical (unpaired) electrons. The van der Waals surface area contributed by atoms with Gasteiger partial charge in [0.15, 0.2) is 0 Å². The van der Waals surface area contributed by atoms with Crippen molar-refractivity contribution in [1.29, 1.82) is 0 Å². The van der Waals surface area contributed by atoms with E-state index in [0.717, 1.165) is 12.8 Å². The van der Waals surface area contributed by atoms with Crippen LogP contribution in [0, 0.1) is 19.8 Å². The normalized spacial score (nSPS) is 16.0. The Bertz CT molecular complexity index is 829. The molecule has 0 fully saturated rings. The zero-order valence-electron chi connectivity index (χ0n) is 16.3. The Morgan fingerprint density at radius 1 is 1.04 bits per heavy atom. The number of halogens is 2. The summed E-state index contributed by atoms with van der Waals surface area (Å²) in [7, 11) is 13.3. The Labute approximate surface area is 173 Å². The Morgan fingerprint density at radius 3 is 2.23 bits per heavy atom. The van der Waals surface area contributed by atoms with Crippen LogP contribution in [0.5, 0.6) is 0 Å². The average molecular weight is 466 g/mol. The molecule has 1 aliphatic rings. The summed E-state index contributed by atoms with van der Waals surface area (Å²) in [5, 5.41) is 0. The van der Waals surface area contributed by atoms with Crippen LogP contribution in [-0.4, -0.2) is 0 Å². The number of hydrogen-bond donors (Lipinski definition) is 0. The molecule has 0 aliphatic heterocycles. The Morgan fingerprint density at radius 2 is 1.69 bits per heavy atom. The minimum atomic E-state index is -2.46. The van der Waals surface area contributed by atoms with Gasteiger partial charge in [0.05, 0.1) is 0 Å². The number of rotatable bonds is 5. The second kappa shape index (κ2) is 8.34. The Hall–Kier alpha value is -0.357. The fraction of sp³-hybridized carbons (Fsp3) is 0.391. The monoisotopic (exact) mass is 463 g/mol. The standard InChI is InChI=1S/C23H27.2ClH.Zr/c1-6-19-7-8-20-13-18(9-15(2)3)14-22(20)23(19)21-11-16(4)10-17(5)12-21;;;/h7-8,10-15H,6,9H2,1-5H3;2*1H;/q;;;+2/p-2. The topological polar surface area (TPSA) is 0 Å². The molecule has 2 aromatic rings. The van der Waals surface area contributed by atoms with Crippen molar-refractivity contribution in [2.24, 2.45) is 5.92 Å². The fourth-order valence-electron chi connectivity index (χ4n) is 4.22. The molecule has 1 atom stereocenters. The molecule has 0 saturated heterocycles. The number of hydrogen-bond acceptors (Lipinski definition) is 0. The van der Waals surface area contributed by atoms with E-state index in [9.17, 15) is 0 Å². The van der Waals surface area contributed by atoms with Crippen LogP contribution in [-0.2, 0) is 25.8 Å². The SMILES string of the molecule is CCc1ccc2c(c1-c1cc(C)cc(C)c1)C=C(CC(C)C)[CH]2[Zr]([Cl])[Cl]. The molecule has 0 nitrogen and oxygen atoms in total. The number of aryl methyl sites for hydroxylation is 3. The molecular weight excluding hydrogens is 438 g/mol. The molecule has 0 heterocycles. The predicted molar refractivity (Wildman–Crippen MR) is 113 cm³/mol. The molecule has 0 amide bonds. The molecule has 0 spiro atoms. The summed E-state index contributed by atoms with van der Waals surface area (Å²) in [6.45, 7) is 11.1. The van der Waals surface area contributed by atoms with Gasteiger partial charge in [0, 0.05) is 0 Å². The van der Waals surface area contributed by atoms with Crippen LogP contribution >= 0.6 is 17.0 Å². The van der Waals surface area contributed by atoms with Crippen LogP contribution < -0.4 is 0 Å². The summed E-state index contributed by atoms with van der Waals surface area (Å²) in [5.74, 6) is 0.615. The third kappa shape index (κ3) is 4.06. The third-order valence-electron chi connectivity index (χ3n) is 5.13. The maximum absolute atomic E-state index is 6.63. The van der Waals surface area contributed by atoms with E-state index < -0.39 is 19.4 Å². The summed E-state index contributed by atoms with van der Waals surface area (Å²) in [6.07, 6.45) is 4.52. The van der Waals surface area contributed by atoms with Crippen LogP contribution in [0.2, 0.25) is 0 Å². The first kappa shape index (κ1) is 20.4. The summed E-state index contributed by atoms with van der Waals surface area (Å²) in [5.41, 5.74) is 10.9.